The van der Waals surface area contributed by atoms with Crippen LogP contribution in [-0.4, -0.2) is 22.9 Å². The zero-order valence-corrected chi connectivity index (χ0v) is 12.6. The zero-order valence-electron chi connectivity index (χ0n) is 12.6. The minimum atomic E-state index is 0.499. The Bertz CT molecular complexity index is 422. The zero-order chi connectivity index (χ0) is 13.4. The molecule has 2 rings (SSSR count). The molecule has 1 aromatic rings. The van der Waals surface area contributed by atoms with Gasteiger partial charge in [-0.1, -0.05) is 13.8 Å². The first-order valence-electron chi connectivity index (χ1n) is 7.15. The van der Waals surface area contributed by atoms with Gasteiger partial charge < -0.3 is 5.32 Å². The third-order valence-electron chi connectivity index (χ3n) is 4.77. The van der Waals surface area contributed by atoms with Crippen LogP contribution >= 0.6 is 0 Å². The standard InChI is InChI=1S/C15H27N3/c1-9-7-10(2)15(14(8-9)16-6)18-13(5)11(3)12(4)17-18/h9-10,14-16H,7-8H2,1-6H3. The van der Waals surface area contributed by atoms with Crippen molar-refractivity contribution < 1.29 is 0 Å². The molecule has 1 aromatic heterocycles. The molecule has 1 aliphatic rings. The van der Waals surface area contributed by atoms with Gasteiger partial charge in [0.15, 0.2) is 0 Å². The molecule has 18 heavy (non-hydrogen) atoms. The number of hydrogen-bond donors (Lipinski definition) is 1. The van der Waals surface area contributed by atoms with E-state index in [2.05, 4.69) is 51.7 Å². The van der Waals surface area contributed by atoms with Crippen molar-refractivity contribution in [1.29, 1.82) is 0 Å². The van der Waals surface area contributed by atoms with Gasteiger partial charge in [-0.05, 0) is 58.1 Å². The summed E-state index contributed by atoms with van der Waals surface area (Å²) in [5.74, 6) is 1.50. The largest absolute Gasteiger partial charge is 0.315 e. The maximum absolute atomic E-state index is 4.78. The Morgan fingerprint density at radius 1 is 1.17 bits per heavy atom. The Morgan fingerprint density at radius 2 is 1.83 bits per heavy atom. The van der Waals surface area contributed by atoms with E-state index in [-0.39, 0.29) is 0 Å². The first kappa shape index (κ1) is 13.6. The van der Waals surface area contributed by atoms with Crippen molar-refractivity contribution in [1.82, 2.24) is 15.1 Å². The molecule has 1 saturated carbocycles. The summed E-state index contributed by atoms with van der Waals surface area (Å²) in [5, 5.41) is 8.29. The number of hydrogen-bond acceptors (Lipinski definition) is 2. The van der Waals surface area contributed by atoms with Crippen molar-refractivity contribution in [2.24, 2.45) is 11.8 Å². The van der Waals surface area contributed by atoms with E-state index < -0.39 is 0 Å². The van der Waals surface area contributed by atoms with Crippen LogP contribution in [0, 0.1) is 32.6 Å². The van der Waals surface area contributed by atoms with Gasteiger partial charge in [0.25, 0.3) is 0 Å². The highest BCUT2D eigenvalue weighted by atomic mass is 15.3. The molecule has 0 aliphatic heterocycles. The summed E-state index contributed by atoms with van der Waals surface area (Å²) in [5.41, 5.74) is 3.85. The summed E-state index contributed by atoms with van der Waals surface area (Å²) in [6.45, 7) is 11.2. The van der Waals surface area contributed by atoms with E-state index in [1.54, 1.807) is 0 Å². The van der Waals surface area contributed by atoms with Crippen molar-refractivity contribution in [3.05, 3.63) is 17.0 Å². The number of likely N-dealkylation sites (N-methyl/N-ethyl adjacent to an activating group) is 1. The van der Waals surface area contributed by atoms with E-state index in [1.165, 1.54) is 29.8 Å². The van der Waals surface area contributed by atoms with Gasteiger partial charge in [-0.2, -0.15) is 5.10 Å². The van der Waals surface area contributed by atoms with E-state index in [0.717, 1.165) is 5.92 Å². The molecule has 4 atom stereocenters. The number of nitrogens with zero attached hydrogens (tertiary/aromatic N) is 2. The molecule has 1 fully saturated rings. The first-order valence-corrected chi connectivity index (χ1v) is 7.15. The molecule has 3 nitrogen and oxygen atoms in total. The fourth-order valence-corrected chi connectivity index (χ4v) is 3.58. The molecule has 0 spiro atoms. The monoisotopic (exact) mass is 249 g/mol. The number of aromatic nitrogens is 2. The summed E-state index contributed by atoms with van der Waals surface area (Å²) >= 11 is 0. The van der Waals surface area contributed by atoms with Crippen molar-refractivity contribution >= 4 is 0 Å². The van der Waals surface area contributed by atoms with E-state index >= 15 is 0 Å². The predicted octanol–water partition coefficient (Wildman–Crippen LogP) is 3.00. The first-order chi connectivity index (χ1) is 8.45. The maximum atomic E-state index is 4.78. The highest BCUT2D eigenvalue weighted by Crippen LogP contribution is 2.37. The molecule has 0 amide bonds. The average molecular weight is 249 g/mol. The normalized spacial score (nSPS) is 32.8. The molecule has 1 aliphatic carbocycles. The van der Waals surface area contributed by atoms with Gasteiger partial charge in [0, 0.05) is 11.7 Å². The lowest BCUT2D eigenvalue weighted by Crippen LogP contribution is -2.44. The second-order valence-electron chi connectivity index (χ2n) is 6.18. The quantitative estimate of drug-likeness (QED) is 0.873. The average Bonchev–Trinajstić information content (AvgIpc) is 2.56. The molecular formula is C15H27N3. The van der Waals surface area contributed by atoms with Crippen LogP contribution in [0.15, 0.2) is 0 Å². The number of nitrogens with one attached hydrogen (secondary N) is 1. The lowest BCUT2D eigenvalue weighted by Gasteiger charge is -2.40. The third kappa shape index (κ3) is 2.20. The highest BCUT2D eigenvalue weighted by Gasteiger charge is 2.35. The fraction of sp³-hybridized carbons (Fsp3) is 0.800. The second-order valence-corrected chi connectivity index (χ2v) is 6.18. The van der Waals surface area contributed by atoms with Gasteiger partial charge in [0.05, 0.1) is 11.7 Å². The molecule has 102 valence electrons. The summed E-state index contributed by atoms with van der Waals surface area (Å²) in [6.07, 6.45) is 2.56. The summed E-state index contributed by atoms with van der Waals surface area (Å²) < 4.78 is 2.28. The Kier molecular flexibility index (Phi) is 3.81. The van der Waals surface area contributed by atoms with Gasteiger partial charge in [-0.25, -0.2) is 0 Å². The summed E-state index contributed by atoms with van der Waals surface area (Å²) in [6, 6.07) is 1.04. The van der Waals surface area contributed by atoms with Crippen LogP contribution in [-0.2, 0) is 0 Å². The van der Waals surface area contributed by atoms with Gasteiger partial charge in [-0.15, -0.1) is 0 Å². The smallest absolute Gasteiger partial charge is 0.0700 e. The van der Waals surface area contributed by atoms with Crippen molar-refractivity contribution in [3.8, 4) is 0 Å². The van der Waals surface area contributed by atoms with E-state index in [4.69, 9.17) is 5.10 Å². The fourth-order valence-electron chi connectivity index (χ4n) is 3.58. The molecule has 0 radical (unpaired) electrons. The summed E-state index contributed by atoms with van der Waals surface area (Å²) in [4.78, 5) is 0. The van der Waals surface area contributed by atoms with Gasteiger partial charge >= 0.3 is 0 Å². The van der Waals surface area contributed by atoms with E-state index in [0.29, 0.717) is 18.0 Å². The molecular weight excluding hydrogens is 222 g/mol. The predicted molar refractivity (Wildman–Crippen MR) is 75.9 cm³/mol. The van der Waals surface area contributed by atoms with Crippen LogP contribution in [0.3, 0.4) is 0 Å². The topological polar surface area (TPSA) is 29.9 Å². The van der Waals surface area contributed by atoms with Crippen molar-refractivity contribution in [2.75, 3.05) is 7.05 Å². The van der Waals surface area contributed by atoms with Crippen LogP contribution in [0.25, 0.3) is 0 Å². The second kappa shape index (κ2) is 5.04. The van der Waals surface area contributed by atoms with Crippen LogP contribution in [0.2, 0.25) is 0 Å². The molecule has 3 heteroatoms. The third-order valence-corrected chi connectivity index (χ3v) is 4.77. The molecule has 0 bridgehead atoms. The minimum absolute atomic E-state index is 0.499. The van der Waals surface area contributed by atoms with E-state index in [9.17, 15) is 0 Å². The van der Waals surface area contributed by atoms with Gasteiger partial charge in [0.2, 0.25) is 0 Å². The number of rotatable bonds is 2. The summed E-state index contributed by atoms with van der Waals surface area (Å²) in [7, 11) is 2.08. The van der Waals surface area contributed by atoms with Crippen LogP contribution in [0.1, 0.15) is 49.7 Å². The van der Waals surface area contributed by atoms with Gasteiger partial charge in [0.1, 0.15) is 0 Å². The van der Waals surface area contributed by atoms with Gasteiger partial charge in [-0.3, -0.25) is 4.68 Å². The Balaban J connectivity index is 2.37. The van der Waals surface area contributed by atoms with Crippen molar-refractivity contribution in [3.63, 3.8) is 0 Å². The number of aryl methyl sites for hydroxylation is 1. The Hall–Kier alpha value is -0.830. The lowest BCUT2D eigenvalue weighted by molar-refractivity contribution is 0.146. The maximum Gasteiger partial charge on any atom is 0.0700 e. The minimum Gasteiger partial charge on any atom is -0.315 e. The molecule has 1 N–H and O–H groups in total. The highest BCUT2D eigenvalue weighted by molar-refractivity contribution is 5.23. The molecule has 1 heterocycles. The Labute approximate surface area is 111 Å². The van der Waals surface area contributed by atoms with Crippen LogP contribution in [0.4, 0.5) is 0 Å². The Morgan fingerprint density at radius 3 is 2.33 bits per heavy atom. The molecule has 4 unspecified atom stereocenters. The lowest BCUT2D eigenvalue weighted by atomic mass is 9.76. The molecule has 0 saturated heterocycles. The van der Waals surface area contributed by atoms with E-state index in [1.807, 2.05) is 0 Å². The van der Waals surface area contributed by atoms with Crippen LogP contribution < -0.4 is 5.32 Å². The molecule has 0 aromatic carbocycles. The van der Waals surface area contributed by atoms with Crippen molar-refractivity contribution in [2.45, 2.75) is 59.5 Å². The SMILES string of the molecule is CNC1CC(C)CC(C)C1n1nc(C)c(C)c1C. The van der Waals surface area contributed by atoms with Crippen LogP contribution in [0.5, 0.6) is 0 Å².